The van der Waals surface area contributed by atoms with E-state index in [1.165, 1.54) is 44.3 Å². The van der Waals surface area contributed by atoms with Gasteiger partial charge in [-0.1, -0.05) is 6.07 Å². The van der Waals surface area contributed by atoms with Gasteiger partial charge in [0.25, 0.3) is 0 Å². The van der Waals surface area contributed by atoms with Crippen molar-refractivity contribution in [2.75, 3.05) is 80.3 Å². The van der Waals surface area contributed by atoms with Crippen LogP contribution in [0.2, 0.25) is 0 Å². The number of fused-ring (bicyclic) bond motifs is 4. The molecular weight excluding hydrogens is 972 g/mol. The molecule has 328 valence electrons. The summed E-state index contributed by atoms with van der Waals surface area (Å²) in [4.78, 5) is 52.2. The van der Waals surface area contributed by atoms with Crippen molar-refractivity contribution in [3.05, 3.63) is 98.3 Å². The van der Waals surface area contributed by atoms with Crippen molar-refractivity contribution in [2.24, 2.45) is 0 Å². The van der Waals surface area contributed by atoms with Gasteiger partial charge in [0, 0.05) is 65.2 Å². The molecule has 4 aromatic rings. The fraction of sp³-hybridized carbons (Fsp3) is 0.383. The molecule has 0 amide bonds. The molecule has 20 heteroatoms. The number of rotatable bonds is 16. The van der Waals surface area contributed by atoms with Gasteiger partial charge in [-0.2, -0.15) is 0 Å². The van der Waals surface area contributed by atoms with Gasteiger partial charge in [0.15, 0.2) is 0 Å². The number of halogens is 1. The normalized spacial score (nSPS) is 14.6. The molecule has 0 unspecified atom stereocenters. The second-order valence-corrected chi connectivity index (χ2v) is 16.6. The standard InChI is InChI=1S/C47H47FN4O11.4K/c48-30-10-12-36(52(25-41(57)58)26-42(59)60)38(22-30)62-18-17-61-37-21-27(9-11-35(37)51(23-39(53)54)24-40(55)56)43-33-19-28-5-1-13-49-15-3-7-31(44(28)49)46(33)63-47-32-8-4-16-50-14-2-6-29(45(32)50)20-34(43)47;;;;/h9-12,19-22H,1-8,13-18,23-26H2,(H3-,53,54,55,56,57,58,59,60);;;;/q;4*+1/p+1. The molecule has 5 heterocycles. The number of aryl methyl sites for hydroxylation is 2. The van der Waals surface area contributed by atoms with E-state index in [0.717, 1.165) is 128 Å². The predicted octanol–water partition coefficient (Wildman–Crippen LogP) is -8.31. The van der Waals surface area contributed by atoms with Crippen molar-refractivity contribution in [3.63, 3.8) is 0 Å². The van der Waals surface area contributed by atoms with Crippen LogP contribution >= 0.6 is 0 Å². The maximum Gasteiger partial charge on any atom is 1.00 e. The first-order valence-corrected chi connectivity index (χ1v) is 21.4. The Balaban J connectivity index is 0.00000210. The van der Waals surface area contributed by atoms with E-state index in [0.29, 0.717) is 0 Å². The zero-order valence-electron chi connectivity index (χ0n) is 38.7. The number of hydrogen-bond acceptors (Lipinski definition) is 10. The van der Waals surface area contributed by atoms with Crippen LogP contribution in [0.4, 0.5) is 21.5 Å². The molecule has 0 bridgehead atoms. The van der Waals surface area contributed by atoms with E-state index in [9.17, 15) is 44.0 Å². The molecule has 5 aliphatic rings. The van der Waals surface area contributed by atoms with Crippen molar-refractivity contribution >= 4 is 46.5 Å². The summed E-state index contributed by atoms with van der Waals surface area (Å²) in [6.45, 7) is 0.901. The topological polar surface area (TPSA) is 190 Å². The molecule has 0 aliphatic carbocycles. The summed E-state index contributed by atoms with van der Waals surface area (Å²) in [6, 6.07) is 13.2. The Morgan fingerprint density at radius 2 is 1.18 bits per heavy atom. The predicted molar refractivity (Wildman–Crippen MR) is 229 cm³/mol. The first kappa shape index (κ1) is 57.6. The monoisotopic (exact) mass is 1020 g/mol. The third-order valence-corrected chi connectivity index (χ3v) is 12.4. The van der Waals surface area contributed by atoms with Gasteiger partial charge < -0.3 is 49.3 Å². The van der Waals surface area contributed by atoms with Crippen molar-refractivity contribution in [1.82, 2.24) is 4.58 Å². The summed E-state index contributed by atoms with van der Waals surface area (Å²) >= 11 is 0. The Bertz CT molecular complexity index is 2690. The molecule has 0 spiro atoms. The molecule has 4 aromatic carbocycles. The summed E-state index contributed by atoms with van der Waals surface area (Å²) in [7, 11) is 0. The quantitative estimate of drug-likeness (QED) is 0.0415. The average Bonchev–Trinajstić information content (AvgIpc) is 3.24. The molecule has 0 radical (unpaired) electrons. The van der Waals surface area contributed by atoms with Crippen LogP contribution in [0.1, 0.15) is 59.1 Å². The minimum Gasteiger partial charge on any atom is -0.488 e. The van der Waals surface area contributed by atoms with E-state index in [-0.39, 0.29) is 242 Å². The minimum atomic E-state index is -1.30. The van der Waals surface area contributed by atoms with Gasteiger partial charge in [0.2, 0.25) is 5.36 Å². The van der Waals surface area contributed by atoms with Crippen LogP contribution in [0.5, 0.6) is 23.0 Å². The van der Waals surface area contributed by atoms with Crippen LogP contribution in [0.3, 0.4) is 0 Å². The molecule has 0 saturated carbocycles. The molecule has 0 aromatic heterocycles. The Labute approximate surface area is 557 Å². The van der Waals surface area contributed by atoms with Crippen molar-refractivity contribution < 1.29 is 264 Å². The zero-order chi connectivity index (χ0) is 43.9. The summed E-state index contributed by atoms with van der Waals surface area (Å²) < 4.78 is 36.5. The van der Waals surface area contributed by atoms with Crippen molar-refractivity contribution in [1.29, 1.82) is 0 Å². The maximum absolute atomic E-state index is 14.5. The minimum absolute atomic E-state index is 0. The second-order valence-electron chi connectivity index (χ2n) is 16.6. The Kier molecular flexibility index (Phi) is 22.0. The second kappa shape index (κ2) is 25.6. The zero-order valence-corrected chi connectivity index (χ0v) is 51.2. The van der Waals surface area contributed by atoms with Crippen molar-refractivity contribution in [2.45, 2.75) is 51.4 Å². The molecule has 15 nitrogen and oxygen atoms in total. The van der Waals surface area contributed by atoms with Crippen LogP contribution in [0, 0.1) is 5.82 Å². The van der Waals surface area contributed by atoms with Gasteiger partial charge >= 0.3 is 229 Å². The van der Waals surface area contributed by atoms with Crippen LogP contribution < -0.4 is 250 Å². The number of hydrogen-bond donors (Lipinski definition) is 4. The van der Waals surface area contributed by atoms with Gasteiger partial charge in [0.1, 0.15) is 81.3 Å². The summed E-state index contributed by atoms with van der Waals surface area (Å²) in [5, 5.41) is 40.9. The van der Waals surface area contributed by atoms with E-state index < -0.39 is 55.9 Å². The Morgan fingerprint density at radius 1 is 0.642 bits per heavy atom. The molecule has 67 heavy (non-hydrogen) atoms. The molecule has 4 N–H and O–H groups in total. The van der Waals surface area contributed by atoms with Crippen LogP contribution in [-0.4, -0.2) is 110 Å². The number of carbonyl (C=O) groups is 4. The van der Waals surface area contributed by atoms with Gasteiger partial charge in [-0.3, -0.25) is 19.2 Å². The van der Waals surface area contributed by atoms with Crippen LogP contribution in [-0.2, 0) is 44.9 Å². The summed E-state index contributed by atoms with van der Waals surface area (Å²) in [5.74, 6) is -4.05. The molecule has 9 rings (SSSR count). The average molecular weight is 1020 g/mol. The molecule has 0 saturated heterocycles. The van der Waals surface area contributed by atoms with Crippen LogP contribution in [0.15, 0.2) is 48.5 Å². The Hall–Kier alpha value is -0.295. The van der Waals surface area contributed by atoms with Crippen molar-refractivity contribution in [3.8, 4) is 23.0 Å². The summed E-state index contributed by atoms with van der Waals surface area (Å²) in [5.41, 5.74) is 9.12. The largest absolute Gasteiger partial charge is 1.00 e. The third kappa shape index (κ3) is 12.7. The fourth-order valence-electron chi connectivity index (χ4n) is 10.1. The smallest absolute Gasteiger partial charge is 0.488 e. The first-order valence-electron chi connectivity index (χ1n) is 21.4. The van der Waals surface area contributed by atoms with E-state index in [4.69, 9.17) is 14.2 Å². The number of nitrogens with zero attached hydrogens (tertiary/aromatic N) is 4. The Morgan fingerprint density at radius 3 is 1.79 bits per heavy atom. The SMILES string of the molecule is O=C(O)CN(CC(=O)O)c1ccc(F)cc1OCCOc1cc(C2=c3cc4c5c(c3Oc3c2cc2c6c3CCCN6CCC2)CCC[N+]=5CCC4)ccc1N(CC(=O)O)CC(=O)O.[K+].[K+].[K+].[K+]. The first-order chi connectivity index (χ1) is 30.4. The number of anilines is 3. The van der Waals surface area contributed by atoms with E-state index in [1.807, 2.05) is 6.07 Å². The third-order valence-electron chi connectivity index (χ3n) is 12.4. The molecule has 5 aliphatic heterocycles. The maximum atomic E-state index is 14.5. The van der Waals surface area contributed by atoms with Gasteiger partial charge in [0.05, 0.1) is 16.9 Å². The number of carboxylic acids is 4. The number of benzene rings is 4. The van der Waals surface area contributed by atoms with Gasteiger partial charge in [-0.15, -0.1) is 0 Å². The van der Waals surface area contributed by atoms with Crippen LogP contribution in [0.25, 0.3) is 5.57 Å². The summed E-state index contributed by atoms with van der Waals surface area (Å²) in [6.07, 6.45) is 7.70. The fourth-order valence-corrected chi connectivity index (χ4v) is 10.1. The van der Waals surface area contributed by atoms with Gasteiger partial charge in [-0.25, -0.2) is 8.97 Å². The number of aliphatic carboxylic acids is 4. The number of ether oxygens (including phenoxy) is 3. The van der Waals surface area contributed by atoms with E-state index in [2.05, 4.69) is 21.6 Å². The molecule has 0 atom stereocenters. The van der Waals surface area contributed by atoms with E-state index in [1.54, 1.807) is 12.1 Å². The number of carboxylic acid groups (broad SMARTS) is 4. The van der Waals surface area contributed by atoms with E-state index >= 15 is 0 Å². The van der Waals surface area contributed by atoms with Gasteiger partial charge in [-0.05, 0) is 86.1 Å². The molecular formula is C47H48FK4N4O11+5. The molecule has 0 fully saturated rings.